The van der Waals surface area contributed by atoms with Crippen molar-refractivity contribution in [2.24, 2.45) is 11.1 Å². The van der Waals surface area contributed by atoms with Crippen LogP contribution in [0.3, 0.4) is 0 Å². The first-order valence-corrected chi connectivity index (χ1v) is 7.98. The molecule has 0 aliphatic heterocycles. The Kier molecular flexibility index (Phi) is 2.92. The molecular weight excluding hydrogens is 254 g/mol. The highest BCUT2D eigenvalue weighted by atomic mass is 14.6. The van der Waals surface area contributed by atoms with E-state index in [0.717, 1.165) is 6.42 Å². The summed E-state index contributed by atoms with van der Waals surface area (Å²) in [4.78, 5) is 0. The van der Waals surface area contributed by atoms with Crippen LogP contribution in [-0.2, 0) is 10.8 Å². The van der Waals surface area contributed by atoms with E-state index in [0.29, 0.717) is 0 Å². The summed E-state index contributed by atoms with van der Waals surface area (Å²) in [6.07, 6.45) is 6.48. The van der Waals surface area contributed by atoms with E-state index in [1.807, 2.05) is 6.20 Å². The van der Waals surface area contributed by atoms with Crippen LogP contribution in [0.2, 0.25) is 0 Å². The molecule has 1 aromatic rings. The van der Waals surface area contributed by atoms with Crippen LogP contribution in [0.25, 0.3) is 0 Å². The zero-order valence-corrected chi connectivity index (χ0v) is 14.0. The van der Waals surface area contributed by atoms with Gasteiger partial charge in [0.25, 0.3) is 0 Å². The van der Waals surface area contributed by atoms with E-state index in [-0.39, 0.29) is 16.2 Å². The molecule has 3 rings (SSSR count). The SMILES string of the molecule is C/C=C1\C(=C/N)C(C)(C)CC12CC(C)(C)c1ccccc12. The van der Waals surface area contributed by atoms with E-state index in [1.165, 1.54) is 28.7 Å². The van der Waals surface area contributed by atoms with Crippen molar-refractivity contribution in [1.29, 1.82) is 0 Å². The quantitative estimate of drug-likeness (QED) is 0.724. The van der Waals surface area contributed by atoms with Crippen LogP contribution in [0.5, 0.6) is 0 Å². The minimum Gasteiger partial charge on any atom is -0.404 e. The first-order valence-electron chi connectivity index (χ1n) is 7.98. The van der Waals surface area contributed by atoms with Crippen molar-refractivity contribution >= 4 is 0 Å². The van der Waals surface area contributed by atoms with Crippen LogP contribution in [-0.4, -0.2) is 0 Å². The maximum Gasteiger partial charge on any atom is 0.0222 e. The maximum absolute atomic E-state index is 6.01. The fraction of sp³-hybridized carbons (Fsp3) is 0.500. The lowest BCUT2D eigenvalue weighted by molar-refractivity contribution is 0.332. The predicted molar refractivity (Wildman–Crippen MR) is 90.2 cm³/mol. The van der Waals surface area contributed by atoms with Gasteiger partial charge in [-0.05, 0) is 59.1 Å². The van der Waals surface area contributed by atoms with Gasteiger partial charge >= 0.3 is 0 Å². The smallest absolute Gasteiger partial charge is 0.0222 e. The highest BCUT2D eigenvalue weighted by Gasteiger charge is 2.57. The standard InChI is InChI=1S/C20H27N/c1-6-14-17(11-21)19(4,5)13-20(14)12-18(2,3)15-9-7-8-10-16(15)20/h6-11H,12-13,21H2,1-5H3/b14-6+,17-11+. The van der Waals surface area contributed by atoms with Gasteiger partial charge in [0.15, 0.2) is 0 Å². The lowest BCUT2D eigenvalue weighted by atomic mass is 9.73. The number of fused-ring (bicyclic) bond motifs is 2. The lowest BCUT2D eigenvalue weighted by Gasteiger charge is -2.30. The van der Waals surface area contributed by atoms with Crippen molar-refractivity contribution in [2.75, 3.05) is 0 Å². The summed E-state index contributed by atoms with van der Waals surface area (Å²) in [5.74, 6) is 0. The Hall–Kier alpha value is -1.50. The van der Waals surface area contributed by atoms with Crippen molar-refractivity contribution in [3.8, 4) is 0 Å². The predicted octanol–water partition coefficient (Wildman–Crippen LogP) is 4.82. The van der Waals surface area contributed by atoms with Gasteiger partial charge < -0.3 is 5.73 Å². The average molecular weight is 281 g/mol. The number of benzene rings is 1. The molecule has 1 fully saturated rings. The molecule has 0 heterocycles. The summed E-state index contributed by atoms with van der Waals surface area (Å²) in [5, 5.41) is 0. The first-order chi connectivity index (χ1) is 9.78. The van der Waals surface area contributed by atoms with Gasteiger partial charge in [0.05, 0.1) is 0 Å². The summed E-state index contributed by atoms with van der Waals surface area (Å²) in [5.41, 5.74) is 12.3. The van der Waals surface area contributed by atoms with Gasteiger partial charge in [-0.25, -0.2) is 0 Å². The van der Waals surface area contributed by atoms with Gasteiger partial charge in [0, 0.05) is 5.41 Å². The summed E-state index contributed by atoms with van der Waals surface area (Å²) in [6, 6.07) is 9.01. The number of hydrogen-bond acceptors (Lipinski definition) is 1. The van der Waals surface area contributed by atoms with Gasteiger partial charge in [-0.2, -0.15) is 0 Å². The molecule has 2 aliphatic rings. The topological polar surface area (TPSA) is 26.0 Å². The summed E-state index contributed by atoms with van der Waals surface area (Å²) in [6.45, 7) is 11.6. The van der Waals surface area contributed by atoms with E-state index < -0.39 is 0 Å². The minimum atomic E-state index is 0.142. The summed E-state index contributed by atoms with van der Waals surface area (Å²) < 4.78 is 0. The molecule has 1 unspecified atom stereocenters. The number of nitrogens with two attached hydrogens (primary N) is 1. The third-order valence-electron chi connectivity index (χ3n) is 5.65. The third-order valence-corrected chi connectivity index (χ3v) is 5.65. The average Bonchev–Trinajstić information content (AvgIpc) is 2.77. The van der Waals surface area contributed by atoms with Crippen molar-refractivity contribution < 1.29 is 0 Å². The van der Waals surface area contributed by atoms with Gasteiger partial charge in [-0.15, -0.1) is 0 Å². The molecule has 1 atom stereocenters. The first kappa shape index (κ1) is 14.4. The van der Waals surface area contributed by atoms with E-state index in [1.54, 1.807) is 0 Å². The molecule has 112 valence electrons. The molecule has 0 saturated heterocycles. The third kappa shape index (κ3) is 1.76. The van der Waals surface area contributed by atoms with Gasteiger partial charge in [0.2, 0.25) is 0 Å². The normalized spacial score (nSPS) is 33.0. The molecule has 1 nitrogen and oxygen atoms in total. The molecule has 1 heteroatoms. The largest absolute Gasteiger partial charge is 0.404 e. The molecule has 21 heavy (non-hydrogen) atoms. The minimum absolute atomic E-state index is 0.142. The van der Waals surface area contributed by atoms with E-state index in [2.05, 4.69) is 65.0 Å². The van der Waals surface area contributed by atoms with Crippen molar-refractivity contribution in [3.63, 3.8) is 0 Å². The second-order valence-corrected chi connectivity index (χ2v) is 8.03. The Morgan fingerprint density at radius 2 is 1.48 bits per heavy atom. The Morgan fingerprint density at radius 1 is 0.905 bits per heavy atom. The fourth-order valence-corrected chi connectivity index (χ4v) is 5.15. The van der Waals surface area contributed by atoms with Crippen molar-refractivity contribution in [3.05, 3.63) is 58.8 Å². The van der Waals surface area contributed by atoms with Gasteiger partial charge in [0.1, 0.15) is 0 Å². The highest BCUT2D eigenvalue weighted by Crippen LogP contribution is 2.65. The van der Waals surface area contributed by atoms with Crippen molar-refractivity contribution in [2.45, 2.75) is 58.3 Å². The second kappa shape index (κ2) is 4.25. The second-order valence-electron chi connectivity index (χ2n) is 8.03. The van der Waals surface area contributed by atoms with Crippen LogP contribution < -0.4 is 5.73 Å². The highest BCUT2D eigenvalue weighted by molar-refractivity contribution is 5.60. The number of rotatable bonds is 0. The fourth-order valence-electron chi connectivity index (χ4n) is 5.15. The van der Waals surface area contributed by atoms with Crippen LogP contribution >= 0.6 is 0 Å². The molecule has 1 saturated carbocycles. The Morgan fingerprint density at radius 3 is 2.05 bits per heavy atom. The zero-order valence-electron chi connectivity index (χ0n) is 14.0. The summed E-state index contributed by atoms with van der Waals surface area (Å²) in [7, 11) is 0. The Labute approximate surface area is 128 Å². The molecule has 0 bridgehead atoms. The molecule has 2 aliphatic carbocycles. The van der Waals surface area contributed by atoms with Crippen molar-refractivity contribution in [1.82, 2.24) is 0 Å². The van der Waals surface area contributed by atoms with Crippen LogP contribution in [0.1, 0.15) is 58.6 Å². The van der Waals surface area contributed by atoms with Crippen LogP contribution in [0.4, 0.5) is 0 Å². The molecule has 2 N–H and O–H groups in total. The van der Waals surface area contributed by atoms with Gasteiger partial charge in [-0.1, -0.05) is 58.0 Å². The molecule has 1 spiro atoms. The van der Waals surface area contributed by atoms with Crippen LogP contribution in [0, 0.1) is 5.41 Å². The maximum atomic E-state index is 6.01. The number of allylic oxidation sites excluding steroid dienone is 3. The molecular formula is C20H27N. The van der Waals surface area contributed by atoms with E-state index in [4.69, 9.17) is 5.73 Å². The Balaban J connectivity index is 2.29. The lowest BCUT2D eigenvalue weighted by Crippen LogP contribution is -2.25. The zero-order chi connectivity index (χ0) is 15.5. The van der Waals surface area contributed by atoms with E-state index >= 15 is 0 Å². The monoisotopic (exact) mass is 281 g/mol. The van der Waals surface area contributed by atoms with E-state index in [9.17, 15) is 0 Å². The molecule has 0 amide bonds. The molecule has 0 aromatic heterocycles. The summed E-state index contributed by atoms with van der Waals surface area (Å²) >= 11 is 0. The molecule has 1 aromatic carbocycles. The molecule has 0 radical (unpaired) electrons. The Bertz CT molecular complexity index is 646. The van der Waals surface area contributed by atoms with Crippen LogP contribution in [0.15, 0.2) is 47.7 Å². The van der Waals surface area contributed by atoms with Gasteiger partial charge in [-0.3, -0.25) is 0 Å². The number of hydrogen-bond donors (Lipinski definition) is 1.